The summed E-state index contributed by atoms with van der Waals surface area (Å²) < 4.78 is 10.1. The van der Waals surface area contributed by atoms with E-state index in [1.165, 1.54) is 0 Å². The molecule has 1 heterocycles. The number of carbonyl (C=O) groups is 2. The molecular formula is C15H21NO4. The minimum atomic E-state index is -0.301. The van der Waals surface area contributed by atoms with Crippen LogP contribution in [0.1, 0.15) is 38.4 Å². The van der Waals surface area contributed by atoms with E-state index in [0.717, 1.165) is 18.6 Å². The normalized spacial score (nSPS) is 14.5. The lowest BCUT2D eigenvalue weighted by molar-refractivity contribution is -0.144. The molecule has 0 aliphatic heterocycles. The van der Waals surface area contributed by atoms with Crippen LogP contribution in [0.4, 0.5) is 0 Å². The summed E-state index contributed by atoms with van der Waals surface area (Å²) in [6, 6.07) is 4.24. The average molecular weight is 279 g/mol. The van der Waals surface area contributed by atoms with Gasteiger partial charge >= 0.3 is 5.97 Å². The van der Waals surface area contributed by atoms with E-state index >= 15 is 0 Å². The van der Waals surface area contributed by atoms with Gasteiger partial charge in [0.05, 0.1) is 32.4 Å². The SMILES string of the molecule is CCOC(=O)CCC(=O)CN(Cc1ccco1)C1CC1. The van der Waals surface area contributed by atoms with E-state index in [2.05, 4.69) is 4.90 Å². The fraction of sp³-hybridized carbons (Fsp3) is 0.600. The third-order valence-corrected chi connectivity index (χ3v) is 3.30. The first kappa shape index (κ1) is 14.8. The second kappa shape index (κ2) is 7.24. The van der Waals surface area contributed by atoms with Gasteiger partial charge in [0.25, 0.3) is 0 Å². The van der Waals surface area contributed by atoms with Crippen molar-refractivity contribution in [3.8, 4) is 0 Å². The predicted octanol–water partition coefficient (Wildman–Crippen LogP) is 2.16. The van der Waals surface area contributed by atoms with Crippen LogP contribution in [0.25, 0.3) is 0 Å². The summed E-state index contributed by atoms with van der Waals surface area (Å²) in [6.07, 6.45) is 4.33. The van der Waals surface area contributed by atoms with Gasteiger partial charge in [-0.25, -0.2) is 0 Å². The molecular weight excluding hydrogens is 258 g/mol. The van der Waals surface area contributed by atoms with Crippen LogP contribution in [0.3, 0.4) is 0 Å². The first-order valence-electron chi connectivity index (χ1n) is 7.12. The Kier molecular flexibility index (Phi) is 5.35. The standard InChI is InChI=1S/C15H21NO4/c1-2-19-15(18)8-7-13(17)10-16(12-5-6-12)11-14-4-3-9-20-14/h3-4,9,12H,2,5-8,10-11H2,1H3. The number of hydrogen-bond acceptors (Lipinski definition) is 5. The van der Waals surface area contributed by atoms with Crippen LogP contribution >= 0.6 is 0 Å². The molecule has 110 valence electrons. The van der Waals surface area contributed by atoms with Gasteiger partial charge in [0.2, 0.25) is 0 Å². The smallest absolute Gasteiger partial charge is 0.306 e. The molecule has 1 saturated carbocycles. The van der Waals surface area contributed by atoms with Crippen molar-refractivity contribution in [2.24, 2.45) is 0 Å². The second-order valence-corrected chi connectivity index (χ2v) is 5.06. The largest absolute Gasteiger partial charge is 0.468 e. The monoisotopic (exact) mass is 279 g/mol. The van der Waals surface area contributed by atoms with Crippen molar-refractivity contribution >= 4 is 11.8 Å². The summed E-state index contributed by atoms with van der Waals surface area (Å²) in [5.41, 5.74) is 0. The van der Waals surface area contributed by atoms with Gasteiger partial charge in [-0.1, -0.05) is 0 Å². The number of ketones is 1. The highest BCUT2D eigenvalue weighted by atomic mass is 16.5. The van der Waals surface area contributed by atoms with Gasteiger partial charge in [0.15, 0.2) is 0 Å². The fourth-order valence-corrected chi connectivity index (χ4v) is 2.14. The van der Waals surface area contributed by atoms with Crippen LogP contribution in [0.5, 0.6) is 0 Å². The molecule has 0 radical (unpaired) electrons. The summed E-state index contributed by atoms with van der Waals surface area (Å²) in [5.74, 6) is 0.649. The third kappa shape index (κ3) is 4.81. The Balaban J connectivity index is 1.76. The van der Waals surface area contributed by atoms with Crippen LogP contribution in [0.15, 0.2) is 22.8 Å². The predicted molar refractivity (Wildman–Crippen MR) is 73.0 cm³/mol. The van der Waals surface area contributed by atoms with Gasteiger partial charge in [-0.3, -0.25) is 14.5 Å². The Morgan fingerprint density at radius 2 is 2.20 bits per heavy atom. The van der Waals surface area contributed by atoms with Crippen LogP contribution in [0, 0.1) is 0 Å². The van der Waals surface area contributed by atoms with E-state index < -0.39 is 0 Å². The first-order chi connectivity index (χ1) is 9.69. The van der Waals surface area contributed by atoms with Crippen molar-refractivity contribution in [2.75, 3.05) is 13.2 Å². The number of Topliss-reactive ketones (excluding diaryl/α,β-unsaturated/α-hetero) is 1. The molecule has 0 aromatic carbocycles. The molecule has 0 saturated heterocycles. The second-order valence-electron chi connectivity index (χ2n) is 5.06. The Bertz CT molecular complexity index is 437. The Morgan fingerprint density at radius 3 is 2.80 bits per heavy atom. The summed E-state index contributed by atoms with van der Waals surface area (Å²) in [4.78, 5) is 25.3. The van der Waals surface area contributed by atoms with Crippen LogP contribution < -0.4 is 0 Å². The van der Waals surface area contributed by atoms with Crippen molar-refractivity contribution in [1.29, 1.82) is 0 Å². The molecule has 5 heteroatoms. The van der Waals surface area contributed by atoms with Crippen molar-refractivity contribution in [3.05, 3.63) is 24.2 Å². The van der Waals surface area contributed by atoms with Crippen molar-refractivity contribution in [1.82, 2.24) is 4.90 Å². The molecule has 0 atom stereocenters. The van der Waals surface area contributed by atoms with Gasteiger partial charge in [-0.2, -0.15) is 0 Å². The maximum Gasteiger partial charge on any atom is 0.306 e. The van der Waals surface area contributed by atoms with E-state index in [1.54, 1.807) is 13.2 Å². The van der Waals surface area contributed by atoms with E-state index in [1.807, 2.05) is 12.1 Å². The lowest BCUT2D eigenvalue weighted by Crippen LogP contribution is -2.31. The number of carbonyl (C=O) groups excluding carboxylic acids is 2. The van der Waals surface area contributed by atoms with Crippen molar-refractivity contribution in [3.63, 3.8) is 0 Å². The maximum absolute atomic E-state index is 11.9. The molecule has 0 amide bonds. The van der Waals surface area contributed by atoms with Crippen LogP contribution in [-0.2, 0) is 20.9 Å². The highest BCUT2D eigenvalue weighted by molar-refractivity contribution is 5.84. The third-order valence-electron chi connectivity index (χ3n) is 3.30. The van der Waals surface area contributed by atoms with Crippen LogP contribution in [-0.4, -0.2) is 35.8 Å². The Hall–Kier alpha value is -1.62. The molecule has 1 aliphatic rings. The van der Waals surface area contributed by atoms with Gasteiger partial charge in [0.1, 0.15) is 11.5 Å². The number of nitrogens with zero attached hydrogens (tertiary/aromatic N) is 1. The van der Waals surface area contributed by atoms with E-state index in [0.29, 0.717) is 25.7 Å². The topological polar surface area (TPSA) is 59.8 Å². The zero-order valence-corrected chi connectivity index (χ0v) is 11.8. The van der Waals surface area contributed by atoms with Crippen LogP contribution in [0.2, 0.25) is 0 Å². The lowest BCUT2D eigenvalue weighted by atomic mass is 10.2. The Morgan fingerprint density at radius 1 is 1.40 bits per heavy atom. The summed E-state index contributed by atoms with van der Waals surface area (Å²) in [6.45, 7) is 3.16. The first-order valence-corrected chi connectivity index (χ1v) is 7.12. The van der Waals surface area contributed by atoms with Crippen molar-refractivity contribution in [2.45, 2.75) is 45.2 Å². The molecule has 0 spiro atoms. The van der Waals surface area contributed by atoms with Crippen molar-refractivity contribution < 1.29 is 18.7 Å². The zero-order chi connectivity index (χ0) is 14.4. The minimum absolute atomic E-state index is 0.0801. The summed E-state index contributed by atoms with van der Waals surface area (Å²) in [5, 5.41) is 0. The molecule has 5 nitrogen and oxygen atoms in total. The van der Waals surface area contributed by atoms with Gasteiger partial charge < -0.3 is 9.15 Å². The average Bonchev–Trinajstić information content (AvgIpc) is 3.15. The molecule has 1 aromatic heterocycles. The summed E-state index contributed by atoms with van der Waals surface area (Å²) in [7, 11) is 0. The van der Waals surface area contributed by atoms with Gasteiger partial charge in [-0.15, -0.1) is 0 Å². The van der Waals surface area contributed by atoms with E-state index in [9.17, 15) is 9.59 Å². The molecule has 0 N–H and O–H groups in total. The number of rotatable bonds is 9. The highest BCUT2D eigenvalue weighted by Crippen LogP contribution is 2.28. The molecule has 2 rings (SSSR count). The molecule has 0 bridgehead atoms. The lowest BCUT2D eigenvalue weighted by Gasteiger charge is -2.19. The maximum atomic E-state index is 11.9. The van der Waals surface area contributed by atoms with Gasteiger partial charge in [-0.05, 0) is 31.9 Å². The fourth-order valence-electron chi connectivity index (χ4n) is 2.14. The molecule has 0 unspecified atom stereocenters. The molecule has 1 aliphatic carbocycles. The number of hydrogen-bond donors (Lipinski definition) is 0. The van der Waals surface area contributed by atoms with E-state index in [4.69, 9.17) is 9.15 Å². The molecule has 20 heavy (non-hydrogen) atoms. The minimum Gasteiger partial charge on any atom is -0.468 e. The number of furan rings is 1. The molecule has 1 fully saturated rings. The van der Waals surface area contributed by atoms with E-state index in [-0.39, 0.29) is 24.6 Å². The quantitative estimate of drug-likeness (QED) is 0.648. The zero-order valence-electron chi connectivity index (χ0n) is 11.8. The highest BCUT2D eigenvalue weighted by Gasteiger charge is 2.30. The number of esters is 1. The Labute approximate surface area is 118 Å². The van der Waals surface area contributed by atoms with Gasteiger partial charge in [0, 0.05) is 12.5 Å². The molecule has 1 aromatic rings. The number of ether oxygens (including phenoxy) is 1. The summed E-state index contributed by atoms with van der Waals surface area (Å²) >= 11 is 0.